The Morgan fingerprint density at radius 2 is 2.00 bits per heavy atom. The molecule has 1 unspecified atom stereocenters. The molecule has 2 aliphatic rings. The first-order valence-corrected chi connectivity index (χ1v) is 9.73. The second-order valence-electron chi connectivity index (χ2n) is 7.60. The number of halogens is 1. The minimum atomic E-state index is -0.236. The quantitative estimate of drug-likeness (QED) is 0.854. The number of nitrogens with zero attached hydrogens (tertiary/aromatic N) is 1. The number of carbonyl (C=O) groups is 1. The maximum Gasteiger partial charge on any atom is 0.234 e. The molecule has 142 valence electrons. The summed E-state index contributed by atoms with van der Waals surface area (Å²) in [5, 5.41) is 6.66. The van der Waals surface area contributed by atoms with E-state index in [4.69, 9.17) is 0 Å². The van der Waals surface area contributed by atoms with E-state index in [0.717, 1.165) is 44.5 Å². The molecular formula is C22H26FN3O. The molecule has 2 fully saturated rings. The third-order valence-electron chi connectivity index (χ3n) is 5.85. The Hall–Kier alpha value is -2.24. The molecule has 2 aromatic carbocycles. The Morgan fingerprint density at radius 1 is 1.19 bits per heavy atom. The number of hydrogen-bond acceptors (Lipinski definition) is 3. The van der Waals surface area contributed by atoms with Crippen LogP contribution in [0, 0.1) is 5.82 Å². The lowest BCUT2D eigenvalue weighted by Crippen LogP contribution is -2.55. The average molecular weight is 367 g/mol. The largest absolute Gasteiger partial charge is 0.345 e. The summed E-state index contributed by atoms with van der Waals surface area (Å²) in [6.07, 6.45) is 3.10. The molecule has 5 heteroatoms. The SMILES string of the molecule is O=C(CN1CCNCC1c1cccc(F)c1)NC1(c2ccccc2)CCC1. The van der Waals surface area contributed by atoms with Gasteiger partial charge in [-0.15, -0.1) is 0 Å². The van der Waals surface area contributed by atoms with Crippen LogP contribution in [0.3, 0.4) is 0 Å². The molecule has 2 aromatic rings. The van der Waals surface area contributed by atoms with Crippen molar-refractivity contribution in [2.45, 2.75) is 30.8 Å². The molecule has 0 bridgehead atoms. The lowest BCUT2D eigenvalue weighted by molar-refractivity contribution is -0.126. The van der Waals surface area contributed by atoms with E-state index in [0.29, 0.717) is 6.54 Å². The topological polar surface area (TPSA) is 44.4 Å². The molecule has 2 N–H and O–H groups in total. The first-order chi connectivity index (χ1) is 13.2. The summed E-state index contributed by atoms with van der Waals surface area (Å²) in [6, 6.07) is 16.9. The first kappa shape index (κ1) is 18.1. The number of carbonyl (C=O) groups excluding carboxylic acids is 1. The first-order valence-electron chi connectivity index (χ1n) is 9.73. The summed E-state index contributed by atoms with van der Waals surface area (Å²) >= 11 is 0. The van der Waals surface area contributed by atoms with Crippen molar-refractivity contribution in [3.8, 4) is 0 Å². The second kappa shape index (κ2) is 7.79. The lowest BCUT2D eigenvalue weighted by Gasteiger charge is -2.44. The van der Waals surface area contributed by atoms with Crippen LogP contribution in [0.4, 0.5) is 4.39 Å². The van der Waals surface area contributed by atoms with Gasteiger partial charge in [0.25, 0.3) is 0 Å². The van der Waals surface area contributed by atoms with Gasteiger partial charge in [-0.2, -0.15) is 0 Å². The van der Waals surface area contributed by atoms with Crippen LogP contribution >= 0.6 is 0 Å². The summed E-state index contributed by atoms with van der Waals surface area (Å²) in [5.74, 6) is -0.193. The van der Waals surface area contributed by atoms with Crippen molar-refractivity contribution < 1.29 is 9.18 Å². The molecule has 0 spiro atoms. The minimum absolute atomic E-state index is 0.00858. The van der Waals surface area contributed by atoms with Crippen molar-refractivity contribution >= 4 is 5.91 Å². The van der Waals surface area contributed by atoms with Crippen LogP contribution in [-0.4, -0.2) is 37.0 Å². The molecule has 1 heterocycles. The zero-order chi connectivity index (χ0) is 18.7. The van der Waals surface area contributed by atoms with Crippen LogP contribution in [0.25, 0.3) is 0 Å². The van der Waals surface area contributed by atoms with E-state index < -0.39 is 0 Å². The van der Waals surface area contributed by atoms with E-state index >= 15 is 0 Å². The van der Waals surface area contributed by atoms with Crippen molar-refractivity contribution in [3.63, 3.8) is 0 Å². The summed E-state index contributed by atoms with van der Waals surface area (Å²) in [7, 11) is 0. The van der Waals surface area contributed by atoms with Crippen LogP contribution in [0.5, 0.6) is 0 Å². The van der Waals surface area contributed by atoms with Gasteiger partial charge in [-0.1, -0.05) is 42.5 Å². The summed E-state index contributed by atoms with van der Waals surface area (Å²) in [6.45, 7) is 2.66. The Balaban J connectivity index is 1.46. The molecule has 1 saturated heterocycles. The predicted octanol–water partition coefficient (Wildman–Crippen LogP) is 2.97. The lowest BCUT2D eigenvalue weighted by atomic mass is 9.72. The van der Waals surface area contributed by atoms with Crippen LogP contribution in [0.15, 0.2) is 54.6 Å². The molecule has 4 nitrogen and oxygen atoms in total. The third-order valence-corrected chi connectivity index (χ3v) is 5.85. The van der Waals surface area contributed by atoms with Gasteiger partial charge in [0, 0.05) is 25.7 Å². The Kier molecular flexibility index (Phi) is 5.23. The number of nitrogens with one attached hydrogen (secondary N) is 2. The fourth-order valence-electron chi connectivity index (χ4n) is 4.24. The highest BCUT2D eigenvalue weighted by atomic mass is 19.1. The average Bonchev–Trinajstić information content (AvgIpc) is 2.66. The van der Waals surface area contributed by atoms with E-state index in [1.54, 1.807) is 12.1 Å². The fourth-order valence-corrected chi connectivity index (χ4v) is 4.24. The zero-order valence-corrected chi connectivity index (χ0v) is 15.5. The van der Waals surface area contributed by atoms with Gasteiger partial charge in [0.05, 0.1) is 12.1 Å². The maximum atomic E-state index is 13.7. The van der Waals surface area contributed by atoms with Gasteiger partial charge in [0.15, 0.2) is 0 Å². The van der Waals surface area contributed by atoms with Crippen molar-refractivity contribution in [2.24, 2.45) is 0 Å². The monoisotopic (exact) mass is 367 g/mol. The second-order valence-corrected chi connectivity index (χ2v) is 7.60. The Bertz CT molecular complexity index is 791. The van der Waals surface area contributed by atoms with Crippen LogP contribution in [0.2, 0.25) is 0 Å². The van der Waals surface area contributed by atoms with Crippen LogP contribution in [0.1, 0.15) is 36.4 Å². The maximum absolute atomic E-state index is 13.7. The Labute approximate surface area is 159 Å². The number of hydrogen-bond donors (Lipinski definition) is 2. The predicted molar refractivity (Wildman–Crippen MR) is 104 cm³/mol. The fraction of sp³-hybridized carbons (Fsp3) is 0.409. The van der Waals surface area contributed by atoms with Gasteiger partial charge in [-0.25, -0.2) is 4.39 Å². The standard InChI is InChI=1S/C22H26FN3O/c23-19-9-4-6-17(14-19)20-15-24-12-13-26(20)16-21(27)25-22(10-5-11-22)18-7-2-1-3-8-18/h1-4,6-9,14,20,24H,5,10-13,15-16H2,(H,25,27). The van der Waals surface area contributed by atoms with Gasteiger partial charge in [-0.05, 0) is 42.5 Å². The van der Waals surface area contributed by atoms with Crippen molar-refractivity contribution in [3.05, 3.63) is 71.5 Å². The van der Waals surface area contributed by atoms with E-state index in [2.05, 4.69) is 27.7 Å². The summed E-state index contributed by atoms with van der Waals surface area (Å²) in [4.78, 5) is 15.0. The molecule has 1 saturated carbocycles. The number of benzene rings is 2. The molecular weight excluding hydrogens is 341 g/mol. The normalized spacial score (nSPS) is 22.0. The number of piperazine rings is 1. The molecule has 27 heavy (non-hydrogen) atoms. The minimum Gasteiger partial charge on any atom is -0.345 e. The van der Waals surface area contributed by atoms with E-state index in [1.807, 2.05) is 24.3 Å². The highest BCUT2D eigenvalue weighted by Crippen LogP contribution is 2.41. The van der Waals surface area contributed by atoms with Gasteiger partial charge < -0.3 is 10.6 Å². The highest BCUT2D eigenvalue weighted by molar-refractivity contribution is 5.79. The molecule has 1 aliphatic heterocycles. The van der Waals surface area contributed by atoms with Crippen LogP contribution < -0.4 is 10.6 Å². The van der Waals surface area contributed by atoms with Crippen molar-refractivity contribution in [2.75, 3.05) is 26.2 Å². The molecule has 1 atom stereocenters. The third kappa shape index (κ3) is 3.89. The van der Waals surface area contributed by atoms with Crippen LogP contribution in [-0.2, 0) is 10.3 Å². The van der Waals surface area contributed by atoms with Gasteiger partial charge >= 0.3 is 0 Å². The summed E-state index contributed by atoms with van der Waals surface area (Å²) < 4.78 is 13.7. The zero-order valence-electron chi connectivity index (χ0n) is 15.5. The molecule has 1 aliphatic carbocycles. The summed E-state index contributed by atoms with van der Waals surface area (Å²) in [5.41, 5.74) is 1.88. The van der Waals surface area contributed by atoms with Crippen molar-refractivity contribution in [1.82, 2.24) is 15.5 Å². The van der Waals surface area contributed by atoms with Gasteiger partial charge in [-0.3, -0.25) is 9.69 Å². The van der Waals surface area contributed by atoms with E-state index in [9.17, 15) is 9.18 Å². The van der Waals surface area contributed by atoms with E-state index in [1.165, 1.54) is 11.6 Å². The Morgan fingerprint density at radius 3 is 2.70 bits per heavy atom. The molecule has 0 radical (unpaired) electrons. The molecule has 0 aromatic heterocycles. The molecule has 1 amide bonds. The molecule has 4 rings (SSSR count). The van der Waals surface area contributed by atoms with E-state index in [-0.39, 0.29) is 23.3 Å². The number of rotatable bonds is 5. The number of amides is 1. The van der Waals surface area contributed by atoms with Gasteiger partial charge in [0.2, 0.25) is 5.91 Å². The van der Waals surface area contributed by atoms with Gasteiger partial charge in [0.1, 0.15) is 5.82 Å². The highest BCUT2D eigenvalue weighted by Gasteiger charge is 2.40. The smallest absolute Gasteiger partial charge is 0.234 e. The van der Waals surface area contributed by atoms with Crippen molar-refractivity contribution in [1.29, 1.82) is 0 Å².